The molecule has 1 heterocycles. The standard InChI is InChI=1S/C15H23BrN2O2/c1-3-4-17-5-7-18(8-6-17)11-12-9-13(16)15(19)14(10-12)20-2/h9-10,19H,3-8,11H2,1-2H3. The van der Waals surface area contributed by atoms with Crippen molar-refractivity contribution in [1.29, 1.82) is 0 Å². The van der Waals surface area contributed by atoms with Crippen LogP contribution in [0.2, 0.25) is 0 Å². The van der Waals surface area contributed by atoms with Crippen molar-refractivity contribution in [3.63, 3.8) is 0 Å². The fraction of sp³-hybridized carbons (Fsp3) is 0.600. The molecule has 5 heteroatoms. The number of piperazine rings is 1. The summed E-state index contributed by atoms with van der Waals surface area (Å²) in [6.45, 7) is 8.81. The largest absolute Gasteiger partial charge is 0.503 e. The molecule has 112 valence electrons. The van der Waals surface area contributed by atoms with E-state index in [0.717, 1.165) is 38.3 Å². The molecule has 0 spiro atoms. The van der Waals surface area contributed by atoms with Crippen molar-refractivity contribution >= 4 is 15.9 Å². The van der Waals surface area contributed by atoms with Crippen LogP contribution in [-0.4, -0.2) is 54.7 Å². The summed E-state index contributed by atoms with van der Waals surface area (Å²) in [5, 5.41) is 9.83. The lowest BCUT2D eigenvalue weighted by Gasteiger charge is -2.34. The number of rotatable bonds is 5. The molecule has 1 aliphatic heterocycles. The van der Waals surface area contributed by atoms with Crippen LogP contribution < -0.4 is 4.74 Å². The highest BCUT2D eigenvalue weighted by Gasteiger charge is 2.17. The highest BCUT2D eigenvalue weighted by molar-refractivity contribution is 9.10. The van der Waals surface area contributed by atoms with Gasteiger partial charge in [-0.05, 0) is 46.6 Å². The van der Waals surface area contributed by atoms with Gasteiger partial charge in [0.1, 0.15) is 0 Å². The van der Waals surface area contributed by atoms with E-state index >= 15 is 0 Å². The van der Waals surface area contributed by atoms with Gasteiger partial charge >= 0.3 is 0 Å². The van der Waals surface area contributed by atoms with Gasteiger partial charge in [-0.25, -0.2) is 0 Å². The fourth-order valence-corrected chi connectivity index (χ4v) is 3.11. The van der Waals surface area contributed by atoms with Crippen LogP contribution in [0.1, 0.15) is 18.9 Å². The lowest BCUT2D eigenvalue weighted by Crippen LogP contribution is -2.45. The van der Waals surface area contributed by atoms with Crippen LogP contribution >= 0.6 is 15.9 Å². The first-order valence-corrected chi connectivity index (χ1v) is 7.93. The van der Waals surface area contributed by atoms with Gasteiger partial charge in [-0.2, -0.15) is 0 Å². The SMILES string of the molecule is CCCN1CCN(Cc2cc(Br)c(O)c(OC)c2)CC1. The maximum atomic E-state index is 9.83. The zero-order valence-corrected chi connectivity index (χ0v) is 13.8. The first kappa shape index (κ1) is 15.6. The van der Waals surface area contributed by atoms with Crippen LogP contribution in [0.4, 0.5) is 0 Å². The lowest BCUT2D eigenvalue weighted by atomic mass is 10.1. The highest BCUT2D eigenvalue weighted by Crippen LogP contribution is 2.35. The Balaban J connectivity index is 1.96. The van der Waals surface area contributed by atoms with Crippen LogP contribution in [0.5, 0.6) is 11.5 Å². The zero-order chi connectivity index (χ0) is 14.5. The van der Waals surface area contributed by atoms with E-state index in [-0.39, 0.29) is 5.75 Å². The highest BCUT2D eigenvalue weighted by atomic mass is 79.9. The van der Waals surface area contributed by atoms with Gasteiger partial charge in [-0.15, -0.1) is 0 Å². The van der Waals surface area contributed by atoms with Crippen molar-refractivity contribution in [1.82, 2.24) is 9.80 Å². The minimum Gasteiger partial charge on any atom is -0.503 e. The smallest absolute Gasteiger partial charge is 0.172 e. The molecule has 0 unspecified atom stereocenters. The summed E-state index contributed by atoms with van der Waals surface area (Å²) in [6, 6.07) is 3.88. The summed E-state index contributed by atoms with van der Waals surface area (Å²) in [4.78, 5) is 4.97. The van der Waals surface area contributed by atoms with Crippen molar-refractivity contribution < 1.29 is 9.84 Å². The summed E-state index contributed by atoms with van der Waals surface area (Å²) >= 11 is 3.38. The normalized spacial score (nSPS) is 17.4. The number of benzene rings is 1. The number of phenolic OH excluding ortho intramolecular Hbond substituents is 1. The van der Waals surface area contributed by atoms with E-state index in [1.165, 1.54) is 13.0 Å². The Bertz CT molecular complexity index is 446. The van der Waals surface area contributed by atoms with Crippen molar-refractivity contribution in [3.05, 3.63) is 22.2 Å². The van der Waals surface area contributed by atoms with Crippen molar-refractivity contribution in [2.75, 3.05) is 39.8 Å². The van der Waals surface area contributed by atoms with E-state index in [1.54, 1.807) is 7.11 Å². The Morgan fingerprint density at radius 2 is 1.85 bits per heavy atom. The van der Waals surface area contributed by atoms with E-state index < -0.39 is 0 Å². The molecule has 1 aromatic carbocycles. The number of methoxy groups -OCH3 is 1. The zero-order valence-electron chi connectivity index (χ0n) is 12.2. The Hall–Kier alpha value is -0.780. The molecule has 2 rings (SSSR count). The second-order valence-electron chi connectivity index (χ2n) is 5.25. The van der Waals surface area contributed by atoms with Gasteiger partial charge in [0.25, 0.3) is 0 Å². The summed E-state index contributed by atoms with van der Waals surface area (Å²) in [5.41, 5.74) is 1.16. The predicted octanol–water partition coefficient (Wildman–Crippen LogP) is 2.69. The monoisotopic (exact) mass is 342 g/mol. The molecule has 1 N–H and O–H groups in total. The third kappa shape index (κ3) is 3.87. The molecule has 0 bridgehead atoms. The third-order valence-corrected chi connectivity index (χ3v) is 4.32. The number of hydrogen-bond donors (Lipinski definition) is 1. The molecule has 0 aliphatic carbocycles. The van der Waals surface area contributed by atoms with E-state index in [4.69, 9.17) is 4.74 Å². The van der Waals surface area contributed by atoms with Gasteiger partial charge in [-0.1, -0.05) is 6.92 Å². The average Bonchev–Trinajstić information content (AvgIpc) is 2.45. The van der Waals surface area contributed by atoms with E-state index in [0.29, 0.717) is 10.2 Å². The van der Waals surface area contributed by atoms with Gasteiger partial charge in [0.15, 0.2) is 11.5 Å². The summed E-state index contributed by atoms with van der Waals surface area (Å²) in [5.74, 6) is 0.697. The Kier molecular flexibility index (Phi) is 5.69. The Morgan fingerprint density at radius 1 is 1.20 bits per heavy atom. The molecular formula is C15H23BrN2O2. The maximum absolute atomic E-state index is 9.83. The van der Waals surface area contributed by atoms with E-state index in [9.17, 15) is 5.11 Å². The summed E-state index contributed by atoms with van der Waals surface area (Å²) in [6.07, 6.45) is 1.22. The molecule has 0 atom stereocenters. The number of nitrogens with zero attached hydrogens (tertiary/aromatic N) is 2. The quantitative estimate of drug-likeness (QED) is 0.892. The topological polar surface area (TPSA) is 35.9 Å². The molecule has 0 aromatic heterocycles. The molecule has 1 aliphatic rings. The van der Waals surface area contributed by atoms with Gasteiger partial charge in [0, 0.05) is 32.7 Å². The second-order valence-corrected chi connectivity index (χ2v) is 6.10. The minimum absolute atomic E-state index is 0.170. The first-order valence-electron chi connectivity index (χ1n) is 7.14. The molecule has 0 amide bonds. The van der Waals surface area contributed by atoms with Gasteiger partial charge < -0.3 is 14.7 Å². The minimum atomic E-state index is 0.170. The summed E-state index contributed by atoms with van der Waals surface area (Å²) in [7, 11) is 1.58. The van der Waals surface area contributed by atoms with Crippen LogP contribution in [0.25, 0.3) is 0 Å². The van der Waals surface area contributed by atoms with Crippen molar-refractivity contribution in [2.24, 2.45) is 0 Å². The van der Waals surface area contributed by atoms with Crippen LogP contribution in [0.15, 0.2) is 16.6 Å². The number of phenols is 1. The van der Waals surface area contributed by atoms with E-state index in [1.807, 2.05) is 12.1 Å². The van der Waals surface area contributed by atoms with Gasteiger partial charge in [-0.3, -0.25) is 4.90 Å². The van der Waals surface area contributed by atoms with Gasteiger partial charge in [0.2, 0.25) is 0 Å². The molecule has 0 radical (unpaired) electrons. The molecular weight excluding hydrogens is 320 g/mol. The van der Waals surface area contributed by atoms with Crippen LogP contribution in [0.3, 0.4) is 0 Å². The molecule has 20 heavy (non-hydrogen) atoms. The lowest BCUT2D eigenvalue weighted by molar-refractivity contribution is 0.127. The van der Waals surface area contributed by atoms with Crippen molar-refractivity contribution in [2.45, 2.75) is 19.9 Å². The number of halogens is 1. The number of hydrogen-bond acceptors (Lipinski definition) is 4. The third-order valence-electron chi connectivity index (χ3n) is 3.72. The van der Waals surface area contributed by atoms with E-state index in [2.05, 4.69) is 32.7 Å². The molecule has 1 aromatic rings. The van der Waals surface area contributed by atoms with Crippen LogP contribution in [-0.2, 0) is 6.54 Å². The Labute approximate surface area is 129 Å². The molecule has 0 saturated carbocycles. The number of aromatic hydroxyl groups is 1. The fourth-order valence-electron chi connectivity index (χ4n) is 2.62. The van der Waals surface area contributed by atoms with Crippen LogP contribution in [0, 0.1) is 0 Å². The predicted molar refractivity (Wildman–Crippen MR) is 84.4 cm³/mol. The molecule has 1 saturated heterocycles. The number of ether oxygens (including phenoxy) is 1. The average molecular weight is 343 g/mol. The van der Waals surface area contributed by atoms with Crippen molar-refractivity contribution in [3.8, 4) is 11.5 Å². The molecule has 4 nitrogen and oxygen atoms in total. The summed E-state index contributed by atoms with van der Waals surface area (Å²) < 4.78 is 5.89. The molecule has 1 fully saturated rings. The maximum Gasteiger partial charge on any atom is 0.172 e. The first-order chi connectivity index (χ1) is 9.63. The second kappa shape index (κ2) is 7.29. The van der Waals surface area contributed by atoms with Gasteiger partial charge in [0.05, 0.1) is 11.6 Å². The Morgan fingerprint density at radius 3 is 2.45 bits per heavy atom.